The third kappa shape index (κ3) is 19.0. The maximum Gasteiger partial charge on any atom is 0.187 e. The summed E-state index contributed by atoms with van der Waals surface area (Å²) in [6.07, 6.45) is 13.8. The molecular weight excluding hydrogens is 580 g/mol. The smallest absolute Gasteiger partial charge is 0.187 e. The lowest BCUT2D eigenvalue weighted by Crippen LogP contribution is -2.60. The molecule has 1 heterocycles. The van der Waals surface area contributed by atoms with Gasteiger partial charge in [0.25, 0.3) is 0 Å². The van der Waals surface area contributed by atoms with Gasteiger partial charge in [0.2, 0.25) is 0 Å². The summed E-state index contributed by atoms with van der Waals surface area (Å²) in [6.45, 7) is 1.00. The Hall–Kier alpha value is -0.730. The van der Waals surface area contributed by atoms with Gasteiger partial charge >= 0.3 is 0 Å². The predicted octanol–water partition coefficient (Wildman–Crippen LogP) is 2.96. The fourth-order valence-corrected chi connectivity index (χ4v) is 5.88. The molecule has 11 heteroatoms. The van der Waals surface area contributed by atoms with Crippen molar-refractivity contribution in [1.29, 1.82) is 0 Å². The lowest BCUT2D eigenvalue weighted by molar-refractivity contribution is -0.313. The molecule has 0 aromatic carbocycles. The van der Waals surface area contributed by atoms with Gasteiger partial charge in [0.15, 0.2) is 6.29 Å². The Kier molecular flexibility index (Phi) is 24.7. The van der Waals surface area contributed by atoms with Gasteiger partial charge in [-0.05, 0) is 32.6 Å². The highest BCUT2D eigenvalue weighted by Crippen LogP contribution is 2.25. The minimum absolute atomic E-state index is 0.162. The number of hydrogen-bond donors (Lipinski definition) is 8. The number of aliphatic hydroxyl groups excluding tert-OH is 6. The van der Waals surface area contributed by atoms with Crippen LogP contribution in [-0.2, 0) is 14.3 Å². The number of hydrogen-bond acceptors (Lipinski definition) is 11. The maximum absolute atomic E-state index is 12.1. The second-order valence-corrected chi connectivity index (χ2v) is 13.3. The highest BCUT2D eigenvalue weighted by atomic mass is 16.7. The quantitative estimate of drug-likeness (QED) is 0.0553. The van der Waals surface area contributed by atoms with Crippen molar-refractivity contribution in [3.05, 3.63) is 0 Å². The van der Waals surface area contributed by atoms with Crippen molar-refractivity contribution in [2.24, 2.45) is 11.5 Å². The third-order valence-corrected chi connectivity index (χ3v) is 9.10. The van der Waals surface area contributed by atoms with Crippen molar-refractivity contribution < 1.29 is 44.9 Å². The number of Topliss-reactive ketones (excluding diaryl/α,β-unsaturated/α-hetero) is 1. The van der Waals surface area contributed by atoms with Crippen LogP contribution in [0.5, 0.6) is 0 Å². The largest absolute Gasteiger partial charge is 0.395 e. The zero-order valence-electron chi connectivity index (χ0n) is 28.0. The molecule has 45 heavy (non-hydrogen) atoms. The summed E-state index contributed by atoms with van der Waals surface area (Å²) in [6, 6.07) is -0.846. The van der Waals surface area contributed by atoms with Crippen LogP contribution >= 0.6 is 0 Å². The lowest BCUT2D eigenvalue weighted by Gasteiger charge is -2.41. The summed E-state index contributed by atoms with van der Waals surface area (Å²) in [5.41, 5.74) is 11.7. The molecule has 0 amide bonds. The standard InChI is InChI=1S/C34H68N2O9/c1-25(35)28(40)21-17-13-10-12-16-20-26(39)19-15-11-8-6-4-2-3-5-7-9-14-18-22-29(27(36)23-37)44-34-33(43)32(42)31(41)30(24-38)45-34/h25,27-34,37-38,40-43H,2-24,35-36H2,1H3/t25-,27-,28-,29-,30-,31-,32+,33-,34+/m1/s1. The van der Waals surface area contributed by atoms with E-state index >= 15 is 0 Å². The molecule has 11 nitrogen and oxygen atoms in total. The van der Waals surface area contributed by atoms with E-state index in [1.807, 2.05) is 6.92 Å². The summed E-state index contributed by atoms with van der Waals surface area (Å²) in [5.74, 6) is 0.399. The Labute approximate surface area is 272 Å². The van der Waals surface area contributed by atoms with E-state index < -0.39 is 55.6 Å². The first-order valence-electron chi connectivity index (χ1n) is 17.9. The van der Waals surface area contributed by atoms with Crippen molar-refractivity contribution in [3.8, 4) is 0 Å². The Bertz CT molecular complexity index is 715. The molecule has 0 spiro atoms. The number of ether oxygens (including phenoxy) is 2. The van der Waals surface area contributed by atoms with E-state index in [9.17, 15) is 35.4 Å². The molecule has 0 bridgehead atoms. The Morgan fingerprint density at radius 1 is 0.689 bits per heavy atom. The number of carbonyl (C=O) groups excluding carboxylic acids is 1. The number of ketones is 1. The van der Waals surface area contributed by atoms with E-state index in [0.717, 1.165) is 77.0 Å². The monoisotopic (exact) mass is 648 g/mol. The van der Waals surface area contributed by atoms with Gasteiger partial charge < -0.3 is 51.6 Å². The summed E-state index contributed by atoms with van der Waals surface area (Å²) in [4.78, 5) is 12.1. The van der Waals surface area contributed by atoms with Gasteiger partial charge in [-0.15, -0.1) is 0 Å². The lowest BCUT2D eigenvalue weighted by atomic mass is 9.98. The van der Waals surface area contributed by atoms with Crippen molar-refractivity contribution >= 4 is 5.78 Å². The minimum atomic E-state index is -1.52. The molecule has 0 aliphatic carbocycles. The van der Waals surface area contributed by atoms with E-state index in [4.69, 9.17) is 20.9 Å². The number of nitrogens with two attached hydrogens (primary N) is 2. The van der Waals surface area contributed by atoms with E-state index in [-0.39, 0.29) is 12.6 Å². The van der Waals surface area contributed by atoms with Crippen LogP contribution in [0.1, 0.15) is 142 Å². The van der Waals surface area contributed by atoms with Gasteiger partial charge in [-0.3, -0.25) is 4.79 Å². The zero-order valence-corrected chi connectivity index (χ0v) is 28.0. The molecule has 0 radical (unpaired) electrons. The zero-order chi connectivity index (χ0) is 33.5. The van der Waals surface area contributed by atoms with Crippen LogP contribution in [0, 0.1) is 0 Å². The number of aliphatic hydroxyl groups is 6. The average Bonchev–Trinajstić information content (AvgIpc) is 3.03. The highest BCUT2D eigenvalue weighted by molar-refractivity contribution is 5.78. The third-order valence-electron chi connectivity index (χ3n) is 9.10. The molecule has 1 rings (SSSR count). The number of carbonyl (C=O) groups is 1. The SMILES string of the molecule is C[C@@H](N)[C@H](O)CCCCCCCC(=O)CCCCCCCCCCCCCC[C@@H](O[C@H]1O[C@H](CO)[C@@H](O)[C@H](O)[C@H]1O)[C@H](N)CO. The van der Waals surface area contributed by atoms with Crippen LogP contribution in [0.15, 0.2) is 0 Å². The van der Waals surface area contributed by atoms with Crippen LogP contribution in [-0.4, -0.2) is 105 Å². The molecule has 1 saturated heterocycles. The van der Waals surface area contributed by atoms with E-state index in [1.165, 1.54) is 38.5 Å². The van der Waals surface area contributed by atoms with Crippen molar-refractivity contribution in [2.75, 3.05) is 13.2 Å². The van der Waals surface area contributed by atoms with Crippen molar-refractivity contribution in [2.45, 2.75) is 197 Å². The number of rotatable bonds is 29. The molecule has 10 N–H and O–H groups in total. The van der Waals surface area contributed by atoms with Crippen molar-refractivity contribution in [3.63, 3.8) is 0 Å². The van der Waals surface area contributed by atoms with Crippen molar-refractivity contribution in [1.82, 2.24) is 0 Å². The predicted molar refractivity (Wildman–Crippen MR) is 175 cm³/mol. The molecule has 1 aliphatic heterocycles. The molecule has 1 aliphatic rings. The van der Waals surface area contributed by atoms with Gasteiger partial charge in [-0.2, -0.15) is 0 Å². The molecule has 0 aromatic rings. The molecule has 268 valence electrons. The van der Waals surface area contributed by atoms with Crippen LogP contribution in [0.2, 0.25) is 0 Å². The van der Waals surface area contributed by atoms with Gasteiger partial charge in [0.05, 0.1) is 31.5 Å². The summed E-state index contributed by atoms with van der Waals surface area (Å²) >= 11 is 0. The summed E-state index contributed by atoms with van der Waals surface area (Å²) in [7, 11) is 0. The highest BCUT2D eigenvalue weighted by Gasteiger charge is 2.45. The normalized spacial score (nSPS) is 24.8. The van der Waals surface area contributed by atoms with Crippen LogP contribution in [0.25, 0.3) is 0 Å². The van der Waals surface area contributed by atoms with Crippen LogP contribution in [0.3, 0.4) is 0 Å². The Morgan fingerprint density at radius 3 is 1.58 bits per heavy atom. The molecular formula is C34H68N2O9. The first-order valence-corrected chi connectivity index (χ1v) is 17.9. The fraction of sp³-hybridized carbons (Fsp3) is 0.971. The average molecular weight is 649 g/mol. The van der Waals surface area contributed by atoms with Gasteiger partial charge in [-0.1, -0.05) is 96.3 Å². The topological polar surface area (TPSA) is 209 Å². The maximum atomic E-state index is 12.1. The molecule has 0 unspecified atom stereocenters. The van der Waals surface area contributed by atoms with Crippen LogP contribution < -0.4 is 11.5 Å². The first kappa shape index (κ1) is 42.3. The Balaban J connectivity index is 1.98. The van der Waals surface area contributed by atoms with Gasteiger partial charge in [0, 0.05) is 18.9 Å². The minimum Gasteiger partial charge on any atom is -0.395 e. The molecule has 0 saturated carbocycles. The second kappa shape index (κ2) is 26.3. The van der Waals surface area contributed by atoms with Gasteiger partial charge in [-0.25, -0.2) is 0 Å². The first-order chi connectivity index (χ1) is 21.6. The number of unbranched alkanes of at least 4 members (excludes halogenated alkanes) is 15. The Morgan fingerprint density at radius 2 is 1.13 bits per heavy atom. The van der Waals surface area contributed by atoms with E-state index in [1.54, 1.807) is 0 Å². The second-order valence-electron chi connectivity index (χ2n) is 13.3. The fourth-order valence-electron chi connectivity index (χ4n) is 5.88. The molecule has 0 aromatic heterocycles. The van der Waals surface area contributed by atoms with E-state index in [0.29, 0.717) is 25.0 Å². The summed E-state index contributed by atoms with van der Waals surface area (Å²) < 4.78 is 11.2. The molecule has 9 atom stereocenters. The van der Waals surface area contributed by atoms with E-state index in [2.05, 4.69) is 0 Å². The summed E-state index contributed by atoms with van der Waals surface area (Å²) in [5, 5.41) is 58.8. The van der Waals surface area contributed by atoms with Crippen LogP contribution in [0.4, 0.5) is 0 Å². The van der Waals surface area contributed by atoms with Gasteiger partial charge in [0.1, 0.15) is 30.2 Å². The molecule has 1 fully saturated rings.